The molecule has 2 aromatic carbocycles. The number of hydrogen-bond acceptors (Lipinski definition) is 8. The van der Waals surface area contributed by atoms with Crippen LogP contribution in [0.1, 0.15) is 35.6 Å². The van der Waals surface area contributed by atoms with E-state index in [2.05, 4.69) is 20.0 Å². The predicted octanol–water partition coefficient (Wildman–Crippen LogP) is 5.44. The SMILES string of the molecule is CS(=O)(=O)O.FC(F)(F)Oc1ccc(C=Cc2nc(COc3ccc(CCCCn4ccnn4)cc3)co2)cc1. The molecule has 0 saturated carbocycles. The van der Waals surface area contributed by atoms with Crippen molar-refractivity contribution in [2.75, 3.05) is 6.26 Å². The number of alkyl halides is 3. The predicted molar refractivity (Wildman–Crippen MR) is 140 cm³/mol. The topological polar surface area (TPSA) is 130 Å². The number of aryl methyl sites for hydroxylation is 2. The van der Waals surface area contributed by atoms with E-state index in [9.17, 15) is 21.6 Å². The van der Waals surface area contributed by atoms with E-state index in [0.29, 0.717) is 23.4 Å². The quantitative estimate of drug-likeness (QED) is 0.182. The molecule has 4 rings (SSSR count). The van der Waals surface area contributed by atoms with Gasteiger partial charge < -0.3 is 13.9 Å². The summed E-state index contributed by atoms with van der Waals surface area (Å²) in [6.07, 6.45) is 7.41. The number of benzene rings is 2. The summed E-state index contributed by atoms with van der Waals surface area (Å²) in [4.78, 5) is 4.33. The molecule has 214 valence electrons. The van der Waals surface area contributed by atoms with Crippen molar-refractivity contribution in [3.8, 4) is 11.5 Å². The van der Waals surface area contributed by atoms with Gasteiger partial charge in [-0.3, -0.25) is 9.23 Å². The van der Waals surface area contributed by atoms with Gasteiger partial charge in [0.2, 0.25) is 5.89 Å². The smallest absolute Gasteiger partial charge is 0.487 e. The number of aromatic nitrogens is 4. The number of hydrogen-bond donors (Lipinski definition) is 1. The highest BCUT2D eigenvalue weighted by molar-refractivity contribution is 7.85. The zero-order valence-electron chi connectivity index (χ0n) is 21.4. The van der Waals surface area contributed by atoms with Crippen LogP contribution in [0.4, 0.5) is 13.2 Å². The maximum atomic E-state index is 12.2. The number of rotatable bonds is 11. The molecule has 0 saturated heterocycles. The Morgan fingerprint density at radius 3 is 2.33 bits per heavy atom. The molecule has 4 aromatic rings. The fraction of sp³-hybridized carbons (Fsp3) is 0.269. The molecule has 2 heterocycles. The Hall–Kier alpha value is -4.17. The standard InChI is InChI=1S/C25H23F3N4O3.CH4O3S/c26-25(27,28)35-23-11-6-20(7-12-23)8-13-24-30-21(18-34-24)17-33-22-9-4-19(5-10-22)3-1-2-15-32-16-14-29-31-32;1-5(2,3)4/h4-14,16,18H,1-3,15,17H2;1H3,(H,2,3,4). The first-order valence-electron chi connectivity index (χ1n) is 11.9. The molecule has 0 spiro atoms. The van der Waals surface area contributed by atoms with E-state index in [0.717, 1.165) is 31.6 Å². The van der Waals surface area contributed by atoms with Crippen molar-refractivity contribution in [3.63, 3.8) is 0 Å². The lowest BCUT2D eigenvalue weighted by Crippen LogP contribution is -2.16. The van der Waals surface area contributed by atoms with Gasteiger partial charge in [0.15, 0.2) is 0 Å². The van der Waals surface area contributed by atoms with E-state index >= 15 is 0 Å². The largest absolute Gasteiger partial charge is 0.573 e. The van der Waals surface area contributed by atoms with Crippen LogP contribution < -0.4 is 9.47 Å². The maximum absolute atomic E-state index is 12.2. The summed E-state index contributed by atoms with van der Waals surface area (Å²) in [5.74, 6) is 0.819. The minimum absolute atomic E-state index is 0.248. The van der Waals surface area contributed by atoms with Crippen molar-refractivity contribution >= 4 is 22.3 Å². The zero-order valence-corrected chi connectivity index (χ0v) is 22.2. The van der Waals surface area contributed by atoms with Crippen molar-refractivity contribution in [3.05, 3.63) is 89.9 Å². The lowest BCUT2D eigenvalue weighted by Gasteiger charge is -2.08. The van der Waals surface area contributed by atoms with Gasteiger partial charge in [-0.2, -0.15) is 8.42 Å². The van der Waals surface area contributed by atoms with E-state index < -0.39 is 16.5 Å². The molecule has 0 aliphatic carbocycles. The van der Waals surface area contributed by atoms with Gasteiger partial charge in [0.1, 0.15) is 30.1 Å². The van der Waals surface area contributed by atoms with Crippen LogP contribution in [0.25, 0.3) is 12.2 Å². The Labute approximate surface area is 228 Å². The average Bonchev–Trinajstić information content (AvgIpc) is 3.56. The minimum atomic E-state index is -4.71. The van der Waals surface area contributed by atoms with Crippen LogP contribution in [-0.4, -0.2) is 45.6 Å². The molecule has 0 unspecified atom stereocenters. The van der Waals surface area contributed by atoms with Gasteiger partial charge in [-0.15, -0.1) is 18.3 Å². The highest BCUT2D eigenvalue weighted by Gasteiger charge is 2.30. The van der Waals surface area contributed by atoms with Crippen molar-refractivity contribution in [1.82, 2.24) is 20.0 Å². The number of nitrogens with zero attached hydrogens (tertiary/aromatic N) is 4. The van der Waals surface area contributed by atoms with Crippen LogP contribution in [0.15, 0.2) is 71.6 Å². The Bertz CT molecular complexity index is 1430. The third-order valence-corrected chi connectivity index (χ3v) is 4.99. The molecule has 2 aromatic heterocycles. The number of halogens is 3. The monoisotopic (exact) mass is 580 g/mol. The van der Waals surface area contributed by atoms with Gasteiger partial charge >= 0.3 is 6.36 Å². The molecule has 10 nitrogen and oxygen atoms in total. The summed E-state index contributed by atoms with van der Waals surface area (Å²) < 4.78 is 79.4. The Balaban J connectivity index is 0.000000810. The molecule has 14 heteroatoms. The van der Waals surface area contributed by atoms with Gasteiger partial charge in [-0.25, -0.2) is 4.98 Å². The fourth-order valence-corrected chi connectivity index (χ4v) is 3.28. The summed E-state index contributed by atoms with van der Waals surface area (Å²) in [5.41, 5.74) is 2.53. The molecule has 1 N–H and O–H groups in total. The van der Waals surface area contributed by atoms with Crippen molar-refractivity contribution in [2.45, 2.75) is 38.8 Å². The van der Waals surface area contributed by atoms with E-state index in [4.69, 9.17) is 13.7 Å². The van der Waals surface area contributed by atoms with Gasteiger partial charge in [0.05, 0.1) is 12.5 Å². The molecular formula is C26H27F3N4O6S. The van der Waals surface area contributed by atoms with E-state index in [1.165, 1.54) is 36.1 Å². The third-order valence-electron chi connectivity index (χ3n) is 4.99. The van der Waals surface area contributed by atoms with Gasteiger partial charge in [-0.05, 0) is 60.7 Å². The van der Waals surface area contributed by atoms with Crippen LogP contribution in [0, 0.1) is 0 Å². The molecular weight excluding hydrogens is 553 g/mol. The van der Waals surface area contributed by atoms with Crippen molar-refractivity contribution in [1.29, 1.82) is 0 Å². The molecule has 40 heavy (non-hydrogen) atoms. The Kier molecular flexibility index (Phi) is 10.8. The van der Waals surface area contributed by atoms with Gasteiger partial charge in [0.25, 0.3) is 10.1 Å². The van der Waals surface area contributed by atoms with Crippen molar-refractivity contribution < 1.29 is 40.0 Å². The molecule has 0 atom stereocenters. The maximum Gasteiger partial charge on any atom is 0.573 e. The first-order chi connectivity index (χ1) is 18.9. The summed E-state index contributed by atoms with van der Waals surface area (Å²) in [6, 6.07) is 13.5. The second-order valence-electron chi connectivity index (χ2n) is 8.42. The van der Waals surface area contributed by atoms with E-state index in [1.807, 2.05) is 35.1 Å². The van der Waals surface area contributed by atoms with Crippen LogP contribution in [0.5, 0.6) is 11.5 Å². The van der Waals surface area contributed by atoms with Crippen LogP contribution >= 0.6 is 0 Å². The lowest BCUT2D eigenvalue weighted by atomic mass is 10.1. The molecule has 0 amide bonds. The Morgan fingerprint density at radius 2 is 1.70 bits per heavy atom. The zero-order chi connectivity index (χ0) is 29.0. The van der Waals surface area contributed by atoms with Crippen LogP contribution in [0.3, 0.4) is 0 Å². The first kappa shape index (κ1) is 30.4. The summed E-state index contributed by atoms with van der Waals surface area (Å²) in [6.45, 7) is 1.11. The van der Waals surface area contributed by atoms with E-state index in [1.54, 1.807) is 18.3 Å². The first-order valence-corrected chi connectivity index (χ1v) is 13.7. The van der Waals surface area contributed by atoms with Crippen LogP contribution in [0.2, 0.25) is 0 Å². The third kappa shape index (κ3) is 12.6. The fourth-order valence-electron chi connectivity index (χ4n) is 3.28. The highest BCUT2D eigenvalue weighted by atomic mass is 32.2. The Morgan fingerprint density at radius 1 is 1.02 bits per heavy atom. The number of unbranched alkanes of at least 4 members (excludes halogenated alkanes) is 1. The van der Waals surface area contributed by atoms with Gasteiger partial charge in [0, 0.05) is 18.8 Å². The second kappa shape index (κ2) is 14.3. The lowest BCUT2D eigenvalue weighted by molar-refractivity contribution is -0.274. The normalized spacial score (nSPS) is 11.7. The molecule has 0 radical (unpaired) electrons. The molecule has 0 fully saturated rings. The van der Waals surface area contributed by atoms with Crippen LogP contribution in [-0.2, 0) is 29.7 Å². The molecule has 0 aliphatic heterocycles. The molecule has 0 aliphatic rings. The summed E-state index contributed by atoms with van der Waals surface area (Å²) >= 11 is 0. The molecule has 0 bridgehead atoms. The second-order valence-corrected chi connectivity index (χ2v) is 9.88. The number of ether oxygens (including phenoxy) is 2. The summed E-state index contributed by atoms with van der Waals surface area (Å²) in [5, 5.41) is 7.75. The van der Waals surface area contributed by atoms with Crippen molar-refractivity contribution in [2.24, 2.45) is 0 Å². The number of oxazole rings is 1. The van der Waals surface area contributed by atoms with E-state index in [-0.39, 0.29) is 12.4 Å². The van der Waals surface area contributed by atoms with Gasteiger partial charge in [-0.1, -0.05) is 29.5 Å². The summed E-state index contributed by atoms with van der Waals surface area (Å²) in [7, 11) is -3.67. The highest BCUT2D eigenvalue weighted by Crippen LogP contribution is 2.23. The minimum Gasteiger partial charge on any atom is -0.487 e. The average molecular weight is 581 g/mol.